The van der Waals surface area contributed by atoms with E-state index in [1.165, 1.54) is 5.56 Å². The molecule has 1 aromatic heterocycles. The number of nitrogens with two attached hydrogens (primary N) is 1. The van der Waals surface area contributed by atoms with Crippen molar-refractivity contribution in [3.05, 3.63) is 83.2 Å². The molecule has 0 unspecified atom stereocenters. The van der Waals surface area contributed by atoms with Crippen LogP contribution < -0.4 is 11.1 Å². The zero-order valence-corrected chi connectivity index (χ0v) is 15.1. The minimum Gasteiger partial charge on any atom is -0.368 e. The summed E-state index contributed by atoms with van der Waals surface area (Å²) < 4.78 is 1.94. The third kappa shape index (κ3) is 4.18. The molecule has 134 valence electrons. The molecule has 0 saturated heterocycles. The first-order chi connectivity index (χ1) is 12.5. The van der Waals surface area contributed by atoms with Crippen LogP contribution in [-0.4, -0.2) is 22.2 Å². The highest BCUT2D eigenvalue weighted by Gasteiger charge is 2.16. The highest BCUT2D eigenvalue weighted by atomic mass is 16.1. The Morgan fingerprint density at radius 3 is 2.38 bits per heavy atom. The zero-order chi connectivity index (χ0) is 18.5. The first-order valence-electron chi connectivity index (χ1n) is 8.75. The molecule has 5 heteroatoms. The summed E-state index contributed by atoms with van der Waals surface area (Å²) in [6, 6.07) is 19.5. The minimum absolute atomic E-state index is 0.365. The maximum absolute atomic E-state index is 11.7. The Morgan fingerprint density at radius 1 is 1.12 bits per heavy atom. The van der Waals surface area contributed by atoms with Crippen molar-refractivity contribution in [2.24, 2.45) is 5.73 Å². The standard InChI is InChI=1S/C21H24N4O/c1-15-14-16(2)25(24-15)19-10-8-17(9-11-19)12-13-23-20(21(22)26)18-6-4-3-5-7-18/h3-11,14,20,23H,12-13H2,1-2H3,(H2,22,26)/t20-/m0/s1. The van der Waals surface area contributed by atoms with E-state index < -0.39 is 6.04 Å². The number of aromatic nitrogens is 2. The maximum atomic E-state index is 11.7. The molecule has 5 nitrogen and oxygen atoms in total. The number of benzene rings is 2. The highest BCUT2D eigenvalue weighted by Crippen LogP contribution is 2.14. The van der Waals surface area contributed by atoms with E-state index in [2.05, 4.69) is 40.7 Å². The van der Waals surface area contributed by atoms with Gasteiger partial charge in [0.25, 0.3) is 0 Å². The van der Waals surface area contributed by atoms with Crippen LogP contribution in [0.15, 0.2) is 60.7 Å². The second-order valence-corrected chi connectivity index (χ2v) is 6.46. The molecule has 0 radical (unpaired) electrons. The van der Waals surface area contributed by atoms with Gasteiger partial charge in [0.15, 0.2) is 0 Å². The van der Waals surface area contributed by atoms with Crippen LogP contribution in [0.2, 0.25) is 0 Å². The highest BCUT2D eigenvalue weighted by molar-refractivity contribution is 5.81. The molecule has 0 saturated carbocycles. The van der Waals surface area contributed by atoms with E-state index in [9.17, 15) is 4.79 Å². The predicted octanol–water partition coefficient (Wildman–Crippen LogP) is 2.85. The molecule has 0 aliphatic carbocycles. The van der Waals surface area contributed by atoms with E-state index >= 15 is 0 Å². The number of hydrogen-bond donors (Lipinski definition) is 2. The summed E-state index contributed by atoms with van der Waals surface area (Å²) in [5.41, 5.74) is 10.8. The van der Waals surface area contributed by atoms with Crippen molar-refractivity contribution in [3.8, 4) is 5.69 Å². The van der Waals surface area contributed by atoms with Crippen LogP contribution in [0.3, 0.4) is 0 Å². The van der Waals surface area contributed by atoms with Crippen LogP contribution in [0.5, 0.6) is 0 Å². The molecule has 1 heterocycles. The van der Waals surface area contributed by atoms with Crippen molar-refractivity contribution in [2.45, 2.75) is 26.3 Å². The average Bonchev–Trinajstić information content (AvgIpc) is 2.98. The van der Waals surface area contributed by atoms with E-state index in [4.69, 9.17) is 5.73 Å². The summed E-state index contributed by atoms with van der Waals surface area (Å²) in [7, 11) is 0. The van der Waals surface area contributed by atoms with E-state index in [1.54, 1.807) is 0 Å². The van der Waals surface area contributed by atoms with Crippen LogP contribution in [0.25, 0.3) is 5.69 Å². The van der Waals surface area contributed by atoms with Gasteiger partial charge in [-0.25, -0.2) is 4.68 Å². The lowest BCUT2D eigenvalue weighted by Gasteiger charge is -2.16. The molecule has 3 rings (SSSR count). The molecule has 0 bridgehead atoms. The molecule has 0 aliphatic heterocycles. The number of hydrogen-bond acceptors (Lipinski definition) is 3. The van der Waals surface area contributed by atoms with Gasteiger partial charge in [0, 0.05) is 12.2 Å². The van der Waals surface area contributed by atoms with Crippen molar-refractivity contribution in [1.82, 2.24) is 15.1 Å². The Kier molecular flexibility index (Phi) is 5.49. The number of rotatable bonds is 7. The molecular formula is C21H24N4O. The maximum Gasteiger partial charge on any atom is 0.239 e. The number of nitrogens with one attached hydrogen (secondary N) is 1. The fourth-order valence-corrected chi connectivity index (χ4v) is 3.08. The molecule has 3 aromatic rings. The lowest BCUT2D eigenvalue weighted by atomic mass is 10.1. The van der Waals surface area contributed by atoms with E-state index in [1.807, 2.05) is 48.9 Å². The summed E-state index contributed by atoms with van der Waals surface area (Å²) in [6.45, 7) is 4.71. The number of amides is 1. The number of carbonyl (C=O) groups is 1. The summed E-state index contributed by atoms with van der Waals surface area (Å²) >= 11 is 0. The largest absolute Gasteiger partial charge is 0.368 e. The fourth-order valence-electron chi connectivity index (χ4n) is 3.08. The second kappa shape index (κ2) is 7.97. The van der Waals surface area contributed by atoms with E-state index in [0.717, 1.165) is 29.1 Å². The molecule has 0 fully saturated rings. The molecule has 1 atom stereocenters. The molecule has 1 amide bonds. The van der Waals surface area contributed by atoms with Gasteiger partial charge < -0.3 is 11.1 Å². The molecule has 2 aromatic carbocycles. The Hall–Kier alpha value is -2.92. The Bertz CT molecular complexity index is 869. The van der Waals surface area contributed by atoms with Gasteiger partial charge >= 0.3 is 0 Å². The lowest BCUT2D eigenvalue weighted by molar-refractivity contribution is -0.120. The van der Waals surface area contributed by atoms with Gasteiger partial charge in [-0.3, -0.25) is 4.79 Å². The summed E-state index contributed by atoms with van der Waals surface area (Å²) in [5, 5.41) is 7.75. The Morgan fingerprint density at radius 2 is 1.81 bits per heavy atom. The monoisotopic (exact) mass is 348 g/mol. The first-order valence-corrected chi connectivity index (χ1v) is 8.75. The van der Waals surface area contributed by atoms with Crippen LogP contribution >= 0.6 is 0 Å². The van der Waals surface area contributed by atoms with Crippen LogP contribution in [0, 0.1) is 13.8 Å². The van der Waals surface area contributed by atoms with Crippen LogP contribution in [-0.2, 0) is 11.2 Å². The van der Waals surface area contributed by atoms with Crippen molar-refractivity contribution >= 4 is 5.91 Å². The fraction of sp³-hybridized carbons (Fsp3) is 0.238. The van der Waals surface area contributed by atoms with Crippen molar-refractivity contribution in [1.29, 1.82) is 0 Å². The molecule has 3 N–H and O–H groups in total. The number of carbonyl (C=O) groups excluding carboxylic acids is 1. The normalized spacial score (nSPS) is 12.1. The summed E-state index contributed by atoms with van der Waals surface area (Å²) in [6.07, 6.45) is 0.814. The topological polar surface area (TPSA) is 72.9 Å². The van der Waals surface area contributed by atoms with Gasteiger partial charge in [-0.15, -0.1) is 0 Å². The summed E-state index contributed by atoms with van der Waals surface area (Å²) in [5.74, 6) is -0.365. The lowest BCUT2D eigenvalue weighted by Crippen LogP contribution is -2.34. The SMILES string of the molecule is Cc1cc(C)n(-c2ccc(CCN[C@H](C(N)=O)c3ccccc3)cc2)n1. The van der Waals surface area contributed by atoms with Gasteiger partial charge in [-0.05, 0) is 49.6 Å². The summed E-state index contributed by atoms with van der Waals surface area (Å²) in [4.78, 5) is 11.7. The van der Waals surface area contributed by atoms with Gasteiger partial charge in [-0.2, -0.15) is 5.10 Å². The molecule has 0 aliphatic rings. The average molecular weight is 348 g/mol. The van der Waals surface area contributed by atoms with Gasteiger partial charge in [0.2, 0.25) is 5.91 Å². The first kappa shape index (κ1) is 17.9. The Labute approximate surface area is 153 Å². The second-order valence-electron chi connectivity index (χ2n) is 6.46. The third-order valence-electron chi connectivity index (χ3n) is 4.37. The zero-order valence-electron chi connectivity index (χ0n) is 15.1. The number of aryl methyl sites for hydroxylation is 2. The van der Waals surface area contributed by atoms with Crippen LogP contribution in [0.1, 0.15) is 28.6 Å². The van der Waals surface area contributed by atoms with E-state index in [-0.39, 0.29) is 5.91 Å². The van der Waals surface area contributed by atoms with Gasteiger partial charge in [0.05, 0.1) is 11.4 Å². The van der Waals surface area contributed by atoms with Crippen LogP contribution in [0.4, 0.5) is 0 Å². The van der Waals surface area contributed by atoms with Gasteiger partial charge in [-0.1, -0.05) is 42.5 Å². The predicted molar refractivity (Wildman–Crippen MR) is 103 cm³/mol. The van der Waals surface area contributed by atoms with Gasteiger partial charge in [0.1, 0.15) is 6.04 Å². The third-order valence-corrected chi connectivity index (χ3v) is 4.37. The van der Waals surface area contributed by atoms with E-state index in [0.29, 0.717) is 6.54 Å². The van der Waals surface area contributed by atoms with Crippen molar-refractivity contribution in [3.63, 3.8) is 0 Å². The number of primary amides is 1. The minimum atomic E-state index is -0.467. The quantitative estimate of drug-likeness (QED) is 0.689. The number of nitrogens with zero attached hydrogens (tertiary/aromatic N) is 2. The smallest absolute Gasteiger partial charge is 0.239 e. The molecular weight excluding hydrogens is 324 g/mol. The molecule has 0 spiro atoms. The van der Waals surface area contributed by atoms with Crippen molar-refractivity contribution in [2.75, 3.05) is 6.54 Å². The molecule has 26 heavy (non-hydrogen) atoms. The van der Waals surface area contributed by atoms with Crippen molar-refractivity contribution < 1.29 is 4.79 Å². The Balaban J connectivity index is 1.61.